The normalized spacial score (nSPS) is 16.9. The van der Waals surface area contributed by atoms with E-state index in [1.54, 1.807) is 7.11 Å². The molecule has 0 unspecified atom stereocenters. The van der Waals surface area contributed by atoms with Gasteiger partial charge in [0.15, 0.2) is 0 Å². The van der Waals surface area contributed by atoms with E-state index in [2.05, 4.69) is 20.8 Å². The molecular formula is C14H19N3O. The van der Waals surface area contributed by atoms with E-state index in [4.69, 9.17) is 4.74 Å². The number of hydrogen-bond donors (Lipinski definition) is 1. The summed E-state index contributed by atoms with van der Waals surface area (Å²) in [5.74, 6) is 1.12. The first kappa shape index (κ1) is 11.5. The minimum absolute atomic E-state index is 0.457. The zero-order chi connectivity index (χ0) is 12.4. The van der Waals surface area contributed by atoms with Crippen LogP contribution < -0.4 is 5.32 Å². The Balaban J connectivity index is 1.68. The molecule has 1 fully saturated rings. The molecule has 2 aromatic rings. The van der Waals surface area contributed by atoms with Crippen LogP contribution in [0.1, 0.15) is 19.3 Å². The van der Waals surface area contributed by atoms with Gasteiger partial charge >= 0.3 is 0 Å². The van der Waals surface area contributed by atoms with Crippen LogP contribution in [0.15, 0.2) is 30.6 Å². The molecule has 18 heavy (non-hydrogen) atoms. The quantitative estimate of drug-likeness (QED) is 0.850. The number of rotatable bonds is 6. The van der Waals surface area contributed by atoms with Crippen LogP contribution in [0.3, 0.4) is 0 Å². The summed E-state index contributed by atoms with van der Waals surface area (Å²) in [6.07, 6.45) is 7.59. The highest BCUT2D eigenvalue weighted by Gasteiger charge is 2.41. The summed E-state index contributed by atoms with van der Waals surface area (Å²) in [7, 11) is 1.77. The van der Waals surface area contributed by atoms with Gasteiger partial charge in [-0.3, -0.25) is 4.40 Å². The molecule has 4 heteroatoms. The Hall–Kier alpha value is -1.55. The average molecular weight is 245 g/mol. The van der Waals surface area contributed by atoms with Gasteiger partial charge < -0.3 is 10.1 Å². The van der Waals surface area contributed by atoms with Crippen molar-refractivity contribution in [3.63, 3.8) is 0 Å². The van der Waals surface area contributed by atoms with E-state index in [9.17, 15) is 0 Å². The van der Waals surface area contributed by atoms with E-state index in [0.29, 0.717) is 5.41 Å². The third-order valence-electron chi connectivity index (χ3n) is 3.87. The second kappa shape index (κ2) is 4.61. The molecule has 2 heterocycles. The molecule has 1 N–H and O–H groups in total. The number of imidazole rings is 1. The summed E-state index contributed by atoms with van der Waals surface area (Å²) in [6.45, 7) is 1.88. The summed E-state index contributed by atoms with van der Waals surface area (Å²) in [5, 5.41) is 3.55. The monoisotopic (exact) mass is 245 g/mol. The Morgan fingerprint density at radius 3 is 3.11 bits per heavy atom. The van der Waals surface area contributed by atoms with Gasteiger partial charge in [-0.1, -0.05) is 6.07 Å². The molecule has 0 amide bonds. The minimum Gasteiger partial charge on any atom is -0.385 e. The van der Waals surface area contributed by atoms with Gasteiger partial charge in [0.25, 0.3) is 0 Å². The topological polar surface area (TPSA) is 38.6 Å². The molecule has 0 radical (unpaired) electrons. The maximum atomic E-state index is 5.18. The van der Waals surface area contributed by atoms with Crippen LogP contribution in [0.2, 0.25) is 0 Å². The number of methoxy groups -OCH3 is 1. The summed E-state index contributed by atoms with van der Waals surface area (Å²) >= 11 is 0. The van der Waals surface area contributed by atoms with Crippen LogP contribution in [0, 0.1) is 5.41 Å². The van der Waals surface area contributed by atoms with Crippen molar-refractivity contribution in [1.29, 1.82) is 0 Å². The van der Waals surface area contributed by atoms with Crippen molar-refractivity contribution < 1.29 is 4.74 Å². The predicted molar refractivity (Wildman–Crippen MR) is 71.8 cm³/mol. The zero-order valence-corrected chi connectivity index (χ0v) is 10.7. The maximum absolute atomic E-state index is 5.18. The summed E-state index contributed by atoms with van der Waals surface area (Å²) in [4.78, 5) is 4.29. The van der Waals surface area contributed by atoms with Crippen LogP contribution in [0.5, 0.6) is 0 Å². The number of ether oxygens (including phenoxy) is 1. The molecular weight excluding hydrogens is 226 g/mol. The van der Waals surface area contributed by atoms with Crippen LogP contribution >= 0.6 is 0 Å². The lowest BCUT2D eigenvalue weighted by molar-refractivity contribution is 0.175. The average Bonchev–Trinajstić information content (AvgIpc) is 3.00. The first-order valence-electron chi connectivity index (χ1n) is 6.48. The molecule has 3 rings (SSSR count). The van der Waals surface area contributed by atoms with E-state index in [1.165, 1.54) is 12.8 Å². The summed E-state index contributed by atoms with van der Waals surface area (Å²) in [5.41, 5.74) is 1.44. The van der Waals surface area contributed by atoms with E-state index < -0.39 is 0 Å². The van der Waals surface area contributed by atoms with Gasteiger partial charge in [-0.25, -0.2) is 4.98 Å². The highest BCUT2D eigenvalue weighted by atomic mass is 16.5. The lowest BCUT2D eigenvalue weighted by Crippen LogP contribution is -2.18. The number of nitrogens with zero attached hydrogens (tertiary/aromatic N) is 2. The Labute approximate surface area is 107 Å². The molecule has 4 nitrogen and oxygen atoms in total. The number of hydrogen-bond acceptors (Lipinski definition) is 3. The molecule has 0 spiro atoms. The Morgan fingerprint density at radius 2 is 2.33 bits per heavy atom. The Bertz CT molecular complexity index is 531. The van der Waals surface area contributed by atoms with Crippen molar-refractivity contribution in [1.82, 2.24) is 9.38 Å². The second-order valence-electron chi connectivity index (χ2n) is 5.16. The van der Waals surface area contributed by atoms with Crippen molar-refractivity contribution in [2.24, 2.45) is 5.41 Å². The van der Waals surface area contributed by atoms with E-state index >= 15 is 0 Å². The number of anilines is 1. The third kappa shape index (κ3) is 2.20. The molecule has 1 aliphatic carbocycles. The van der Waals surface area contributed by atoms with Crippen LogP contribution in [-0.4, -0.2) is 29.6 Å². The second-order valence-corrected chi connectivity index (χ2v) is 5.16. The first-order valence-corrected chi connectivity index (χ1v) is 6.48. The standard InChI is InChI=1S/C14H19N3O/c1-18-10-7-14(5-6-14)11-16-13-4-2-3-12-15-8-9-17(12)13/h2-4,8-9,16H,5-7,10-11H2,1H3. The molecule has 96 valence electrons. The van der Waals surface area contributed by atoms with Gasteiger partial charge in [0.05, 0.1) is 0 Å². The molecule has 0 saturated heterocycles. The van der Waals surface area contributed by atoms with Gasteiger partial charge in [0.1, 0.15) is 11.5 Å². The number of nitrogens with one attached hydrogen (secondary N) is 1. The van der Waals surface area contributed by atoms with Crippen LogP contribution in [-0.2, 0) is 4.74 Å². The van der Waals surface area contributed by atoms with Crippen LogP contribution in [0.4, 0.5) is 5.82 Å². The smallest absolute Gasteiger partial charge is 0.138 e. The van der Waals surface area contributed by atoms with Gasteiger partial charge in [0.2, 0.25) is 0 Å². The molecule has 2 aromatic heterocycles. The highest BCUT2D eigenvalue weighted by Crippen LogP contribution is 2.48. The fourth-order valence-electron chi connectivity index (χ4n) is 2.38. The number of pyridine rings is 1. The van der Waals surface area contributed by atoms with Crippen molar-refractivity contribution in [3.05, 3.63) is 30.6 Å². The van der Waals surface area contributed by atoms with Crippen molar-refractivity contribution >= 4 is 11.5 Å². The van der Waals surface area contributed by atoms with Crippen LogP contribution in [0.25, 0.3) is 5.65 Å². The molecule has 1 saturated carbocycles. The van der Waals surface area contributed by atoms with Gasteiger partial charge in [0, 0.05) is 32.7 Å². The molecule has 0 atom stereocenters. The predicted octanol–water partition coefficient (Wildman–Crippen LogP) is 2.56. The van der Waals surface area contributed by atoms with Gasteiger partial charge in [-0.15, -0.1) is 0 Å². The van der Waals surface area contributed by atoms with Gasteiger partial charge in [-0.2, -0.15) is 0 Å². The summed E-state index contributed by atoms with van der Waals surface area (Å²) in [6, 6.07) is 6.16. The van der Waals surface area contributed by atoms with Crippen molar-refractivity contribution in [2.45, 2.75) is 19.3 Å². The SMILES string of the molecule is COCCC1(CNc2cccc3nccn23)CC1. The summed E-state index contributed by atoms with van der Waals surface area (Å²) < 4.78 is 7.27. The van der Waals surface area contributed by atoms with Gasteiger partial charge in [-0.05, 0) is 36.8 Å². The highest BCUT2D eigenvalue weighted by molar-refractivity contribution is 5.50. The largest absolute Gasteiger partial charge is 0.385 e. The fraction of sp³-hybridized carbons (Fsp3) is 0.500. The Morgan fingerprint density at radius 1 is 1.44 bits per heavy atom. The molecule has 0 aromatic carbocycles. The molecule has 1 aliphatic rings. The van der Waals surface area contributed by atoms with Crippen molar-refractivity contribution in [2.75, 3.05) is 25.6 Å². The fourth-order valence-corrected chi connectivity index (χ4v) is 2.38. The van der Waals surface area contributed by atoms with E-state index in [1.807, 2.05) is 24.5 Å². The lowest BCUT2D eigenvalue weighted by Gasteiger charge is -2.17. The minimum atomic E-state index is 0.457. The number of fused-ring (bicyclic) bond motifs is 1. The molecule has 0 aliphatic heterocycles. The Kier molecular flexibility index (Phi) is 2.96. The van der Waals surface area contributed by atoms with Crippen molar-refractivity contribution in [3.8, 4) is 0 Å². The zero-order valence-electron chi connectivity index (χ0n) is 10.7. The lowest BCUT2D eigenvalue weighted by atomic mass is 10.0. The molecule has 0 bridgehead atoms. The van der Waals surface area contributed by atoms with E-state index in [0.717, 1.165) is 31.0 Å². The van der Waals surface area contributed by atoms with E-state index in [-0.39, 0.29) is 0 Å². The number of aromatic nitrogens is 2. The third-order valence-corrected chi connectivity index (χ3v) is 3.87. The first-order chi connectivity index (χ1) is 8.83. The maximum Gasteiger partial charge on any atom is 0.138 e.